The van der Waals surface area contributed by atoms with Gasteiger partial charge in [0.25, 0.3) is 5.24 Å². The monoisotopic (exact) mass is 247 g/mol. The molecule has 88 valence electrons. The fraction of sp³-hybridized carbons (Fsp3) is 0.154. The van der Waals surface area contributed by atoms with Gasteiger partial charge in [0.15, 0.2) is 0 Å². The second-order valence-electron chi connectivity index (χ2n) is 3.71. The highest BCUT2D eigenvalue weighted by Crippen LogP contribution is 2.21. The first kappa shape index (κ1) is 11.8. The van der Waals surface area contributed by atoms with E-state index >= 15 is 0 Å². The number of nitrogens with one attached hydrogen (secondary N) is 1. The molecule has 0 radical (unpaired) electrons. The molecule has 0 unspecified atom stereocenters. The van der Waals surface area contributed by atoms with Crippen LogP contribution in [0.5, 0.6) is 5.75 Å². The van der Waals surface area contributed by atoms with E-state index in [1.165, 1.54) is 0 Å². The third-order valence-corrected chi connectivity index (χ3v) is 2.71. The van der Waals surface area contributed by atoms with Gasteiger partial charge in [-0.15, -0.1) is 0 Å². The van der Waals surface area contributed by atoms with E-state index in [0.717, 1.165) is 22.1 Å². The summed E-state index contributed by atoms with van der Waals surface area (Å²) in [6.45, 7) is 0.490. The Labute approximate surface area is 105 Å². The van der Waals surface area contributed by atoms with E-state index in [0.29, 0.717) is 6.54 Å². The first-order chi connectivity index (χ1) is 8.19. The Morgan fingerprint density at radius 1 is 1.24 bits per heavy atom. The lowest BCUT2D eigenvalue weighted by molar-refractivity contribution is 0.260. The summed E-state index contributed by atoms with van der Waals surface area (Å²) in [6.07, 6.45) is 0. The average molecular weight is 247 g/mol. The van der Waals surface area contributed by atoms with Crippen LogP contribution in [0.3, 0.4) is 0 Å². The zero-order valence-corrected chi connectivity index (χ0v) is 10.3. The van der Waals surface area contributed by atoms with Gasteiger partial charge in [-0.1, -0.05) is 30.8 Å². The average Bonchev–Trinajstić information content (AvgIpc) is 2.35. The van der Waals surface area contributed by atoms with Gasteiger partial charge in [-0.25, -0.2) is 0 Å². The smallest absolute Gasteiger partial charge is 0.276 e. The van der Waals surface area contributed by atoms with E-state index < -0.39 is 0 Å². The van der Waals surface area contributed by atoms with Gasteiger partial charge in [-0.2, -0.15) is 0 Å². The number of carbonyl (C=O) groups excluding carboxylic acids is 1. The Morgan fingerprint density at radius 2 is 1.94 bits per heavy atom. The minimum Gasteiger partial charge on any atom is -0.497 e. The molecule has 17 heavy (non-hydrogen) atoms. The van der Waals surface area contributed by atoms with Crippen LogP contribution in [0.2, 0.25) is 0 Å². The summed E-state index contributed by atoms with van der Waals surface area (Å²) in [5.41, 5.74) is 1.05. The molecule has 1 N–H and O–H groups in total. The van der Waals surface area contributed by atoms with Crippen molar-refractivity contribution in [3.05, 3.63) is 42.0 Å². The van der Waals surface area contributed by atoms with Crippen LogP contribution in [0.4, 0.5) is 4.79 Å². The Hall–Kier alpha value is -1.68. The van der Waals surface area contributed by atoms with Gasteiger partial charge in [-0.05, 0) is 34.5 Å². The Bertz CT molecular complexity index is 554. The van der Waals surface area contributed by atoms with Crippen LogP contribution in [-0.4, -0.2) is 12.3 Å². The van der Waals surface area contributed by atoms with Crippen molar-refractivity contribution in [1.82, 2.24) is 5.32 Å². The van der Waals surface area contributed by atoms with Crippen LogP contribution in [-0.2, 0) is 6.54 Å². The van der Waals surface area contributed by atoms with Crippen LogP contribution >= 0.6 is 12.6 Å². The summed E-state index contributed by atoms with van der Waals surface area (Å²) >= 11 is 3.66. The summed E-state index contributed by atoms with van der Waals surface area (Å²) in [7, 11) is 1.65. The maximum Gasteiger partial charge on any atom is 0.276 e. The van der Waals surface area contributed by atoms with Crippen molar-refractivity contribution in [2.45, 2.75) is 6.54 Å². The van der Waals surface area contributed by atoms with Crippen molar-refractivity contribution in [3.8, 4) is 5.75 Å². The van der Waals surface area contributed by atoms with Gasteiger partial charge >= 0.3 is 0 Å². The predicted molar refractivity (Wildman–Crippen MR) is 71.7 cm³/mol. The SMILES string of the molecule is COc1ccc2cc(CNC(=O)S)ccc2c1. The normalized spacial score (nSPS) is 10.2. The number of ether oxygens (including phenoxy) is 1. The number of benzene rings is 2. The van der Waals surface area contributed by atoms with E-state index in [-0.39, 0.29) is 5.24 Å². The molecule has 0 heterocycles. The lowest BCUT2D eigenvalue weighted by atomic mass is 10.1. The second-order valence-corrected chi connectivity index (χ2v) is 4.11. The Balaban J connectivity index is 2.28. The van der Waals surface area contributed by atoms with E-state index in [2.05, 4.69) is 17.9 Å². The second kappa shape index (κ2) is 5.10. The number of thiol groups is 1. The number of hydrogen-bond donors (Lipinski definition) is 2. The van der Waals surface area contributed by atoms with Crippen molar-refractivity contribution >= 4 is 28.6 Å². The molecule has 0 fully saturated rings. The van der Waals surface area contributed by atoms with Gasteiger partial charge in [0.05, 0.1) is 7.11 Å². The Morgan fingerprint density at radius 3 is 2.65 bits per heavy atom. The molecular formula is C13H13NO2S. The number of fused-ring (bicyclic) bond motifs is 1. The molecule has 0 aliphatic rings. The molecule has 0 saturated heterocycles. The predicted octanol–water partition coefficient (Wildman–Crippen LogP) is 2.99. The molecule has 4 heteroatoms. The van der Waals surface area contributed by atoms with Crippen LogP contribution in [0, 0.1) is 0 Å². The minimum absolute atomic E-state index is 0.320. The lowest BCUT2D eigenvalue weighted by Gasteiger charge is -2.06. The third-order valence-electron chi connectivity index (χ3n) is 2.56. The molecule has 2 rings (SSSR count). The largest absolute Gasteiger partial charge is 0.497 e. The molecule has 0 aliphatic heterocycles. The first-order valence-electron chi connectivity index (χ1n) is 5.22. The number of methoxy groups -OCH3 is 1. The zero-order valence-electron chi connectivity index (χ0n) is 9.43. The van der Waals surface area contributed by atoms with Crippen LogP contribution in [0.1, 0.15) is 5.56 Å². The number of amides is 1. The van der Waals surface area contributed by atoms with Gasteiger partial charge < -0.3 is 10.1 Å². The zero-order chi connectivity index (χ0) is 12.3. The summed E-state index contributed by atoms with van der Waals surface area (Å²) < 4.78 is 5.16. The number of rotatable bonds is 3. The third kappa shape index (κ3) is 2.91. The van der Waals surface area contributed by atoms with Crippen molar-refractivity contribution in [1.29, 1.82) is 0 Å². The highest BCUT2D eigenvalue weighted by Gasteiger charge is 1.99. The van der Waals surface area contributed by atoms with E-state index in [4.69, 9.17) is 4.74 Å². The Kier molecular flexibility index (Phi) is 3.54. The minimum atomic E-state index is -0.320. The topological polar surface area (TPSA) is 38.3 Å². The van der Waals surface area contributed by atoms with E-state index in [9.17, 15) is 4.79 Å². The highest BCUT2D eigenvalue weighted by molar-refractivity contribution is 7.96. The molecular weight excluding hydrogens is 234 g/mol. The molecule has 0 bridgehead atoms. The summed E-state index contributed by atoms with van der Waals surface area (Å²) in [5, 5.41) is 4.57. The van der Waals surface area contributed by atoms with Gasteiger partial charge in [0, 0.05) is 6.54 Å². The van der Waals surface area contributed by atoms with Crippen LogP contribution < -0.4 is 10.1 Å². The molecule has 0 spiro atoms. The molecule has 2 aromatic carbocycles. The quantitative estimate of drug-likeness (QED) is 0.818. The molecule has 3 nitrogen and oxygen atoms in total. The van der Waals surface area contributed by atoms with Gasteiger partial charge in [0.1, 0.15) is 5.75 Å². The maximum atomic E-state index is 10.7. The van der Waals surface area contributed by atoms with E-state index in [1.807, 2.05) is 36.4 Å². The molecule has 0 atom stereocenters. The van der Waals surface area contributed by atoms with Crippen LogP contribution in [0.25, 0.3) is 10.8 Å². The molecule has 1 amide bonds. The summed E-state index contributed by atoms with van der Waals surface area (Å²) in [4.78, 5) is 10.7. The fourth-order valence-electron chi connectivity index (χ4n) is 1.69. The summed E-state index contributed by atoms with van der Waals surface area (Å²) in [5.74, 6) is 0.842. The standard InChI is InChI=1S/C13H13NO2S/c1-16-12-5-4-10-6-9(8-14-13(15)17)2-3-11(10)7-12/h2-7H,8H2,1H3,(H2,14,15,17). The van der Waals surface area contributed by atoms with Gasteiger partial charge in [-0.3, -0.25) is 4.79 Å². The lowest BCUT2D eigenvalue weighted by Crippen LogP contribution is -2.15. The van der Waals surface area contributed by atoms with Crippen LogP contribution in [0.15, 0.2) is 36.4 Å². The van der Waals surface area contributed by atoms with Crippen molar-refractivity contribution in [2.75, 3.05) is 7.11 Å². The van der Waals surface area contributed by atoms with Gasteiger partial charge in [0.2, 0.25) is 0 Å². The van der Waals surface area contributed by atoms with Crippen molar-refractivity contribution in [3.63, 3.8) is 0 Å². The van der Waals surface area contributed by atoms with Crippen molar-refractivity contribution in [2.24, 2.45) is 0 Å². The molecule has 0 aliphatic carbocycles. The fourth-order valence-corrected chi connectivity index (χ4v) is 1.77. The molecule has 0 saturated carbocycles. The highest BCUT2D eigenvalue weighted by atomic mass is 32.1. The van der Waals surface area contributed by atoms with Crippen molar-refractivity contribution < 1.29 is 9.53 Å². The number of carbonyl (C=O) groups is 1. The summed E-state index contributed by atoms with van der Waals surface area (Å²) in [6, 6.07) is 11.9. The maximum absolute atomic E-state index is 10.7. The first-order valence-corrected chi connectivity index (χ1v) is 5.67. The molecule has 2 aromatic rings. The number of hydrogen-bond acceptors (Lipinski definition) is 2. The van der Waals surface area contributed by atoms with E-state index in [1.54, 1.807) is 7.11 Å². The molecule has 0 aromatic heterocycles.